The number of unbranched alkanes of at least 4 members (excludes halogenated alkanes) is 1. The zero-order valence-electron chi connectivity index (χ0n) is 7.21. The summed E-state index contributed by atoms with van der Waals surface area (Å²) in [4.78, 5) is 10.6. The molecule has 0 aliphatic carbocycles. The van der Waals surface area contributed by atoms with E-state index in [1.807, 2.05) is 13.0 Å². The summed E-state index contributed by atoms with van der Waals surface area (Å²) in [6.45, 7) is 2.51. The SMILES string of the molecule is CCCCOC(=O)OCCC#N. The Hall–Kier alpha value is -1.24. The van der Waals surface area contributed by atoms with Gasteiger partial charge in [0, 0.05) is 0 Å². The van der Waals surface area contributed by atoms with E-state index >= 15 is 0 Å². The van der Waals surface area contributed by atoms with Crippen LogP contribution in [0.15, 0.2) is 0 Å². The fourth-order valence-electron chi connectivity index (χ4n) is 0.522. The van der Waals surface area contributed by atoms with Gasteiger partial charge in [0.1, 0.15) is 6.61 Å². The third kappa shape index (κ3) is 6.87. The first-order chi connectivity index (χ1) is 5.81. The summed E-state index contributed by atoms with van der Waals surface area (Å²) in [5.74, 6) is 0. The van der Waals surface area contributed by atoms with Gasteiger partial charge < -0.3 is 9.47 Å². The van der Waals surface area contributed by atoms with Crippen molar-refractivity contribution in [2.24, 2.45) is 0 Å². The summed E-state index contributed by atoms with van der Waals surface area (Å²) < 4.78 is 9.20. The molecule has 0 radical (unpaired) electrons. The molecule has 0 atom stereocenters. The van der Waals surface area contributed by atoms with Crippen LogP contribution in [0.3, 0.4) is 0 Å². The van der Waals surface area contributed by atoms with Crippen LogP contribution in [-0.2, 0) is 9.47 Å². The monoisotopic (exact) mass is 171 g/mol. The molecule has 0 spiro atoms. The summed E-state index contributed by atoms with van der Waals surface area (Å²) in [6.07, 6.45) is 1.35. The number of hydrogen-bond acceptors (Lipinski definition) is 4. The summed E-state index contributed by atoms with van der Waals surface area (Å²) >= 11 is 0. The highest BCUT2D eigenvalue weighted by molar-refractivity contribution is 5.59. The first kappa shape index (κ1) is 10.8. The zero-order valence-corrected chi connectivity index (χ0v) is 7.21. The number of nitrogens with zero attached hydrogens (tertiary/aromatic N) is 1. The fourth-order valence-corrected chi connectivity index (χ4v) is 0.522. The Kier molecular flexibility index (Phi) is 7.05. The van der Waals surface area contributed by atoms with Gasteiger partial charge >= 0.3 is 6.16 Å². The van der Waals surface area contributed by atoms with E-state index in [2.05, 4.69) is 9.47 Å². The topological polar surface area (TPSA) is 59.3 Å². The smallest absolute Gasteiger partial charge is 0.434 e. The van der Waals surface area contributed by atoms with E-state index in [-0.39, 0.29) is 13.0 Å². The molecule has 68 valence electrons. The maximum Gasteiger partial charge on any atom is 0.508 e. The van der Waals surface area contributed by atoms with E-state index < -0.39 is 6.16 Å². The van der Waals surface area contributed by atoms with Crippen LogP contribution in [0, 0.1) is 11.3 Å². The number of hydrogen-bond donors (Lipinski definition) is 0. The highest BCUT2D eigenvalue weighted by atomic mass is 16.7. The summed E-state index contributed by atoms with van der Waals surface area (Å²) in [5, 5.41) is 8.11. The maximum absolute atomic E-state index is 10.6. The molecule has 0 bridgehead atoms. The molecule has 0 aliphatic heterocycles. The number of carbonyl (C=O) groups excluding carboxylic acids is 1. The van der Waals surface area contributed by atoms with Crippen LogP contribution in [-0.4, -0.2) is 19.4 Å². The molecule has 0 unspecified atom stereocenters. The molecular formula is C8H13NO3. The van der Waals surface area contributed by atoms with E-state index in [0.717, 1.165) is 12.8 Å². The molecular weight excluding hydrogens is 158 g/mol. The Balaban J connectivity index is 3.17. The third-order valence-corrected chi connectivity index (χ3v) is 1.15. The van der Waals surface area contributed by atoms with Gasteiger partial charge in [0.25, 0.3) is 0 Å². The van der Waals surface area contributed by atoms with Crippen LogP contribution in [0.2, 0.25) is 0 Å². The second-order valence-corrected chi connectivity index (χ2v) is 2.21. The molecule has 0 amide bonds. The van der Waals surface area contributed by atoms with Gasteiger partial charge in [-0.3, -0.25) is 0 Å². The summed E-state index contributed by atoms with van der Waals surface area (Å²) in [6, 6.07) is 1.86. The van der Waals surface area contributed by atoms with Crippen molar-refractivity contribution in [1.29, 1.82) is 5.26 Å². The minimum absolute atomic E-state index is 0.113. The second-order valence-electron chi connectivity index (χ2n) is 2.21. The Morgan fingerprint density at radius 3 is 2.67 bits per heavy atom. The molecule has 0 rings (SSSR count). The average Bonchev–Trinajstić information content (AvgIpc) is 2.06. The van der Waals surface area contributed by atoms with Crippen molar-refractivity contribution >= 4 is 6.16 Å². The molecule has 4 heteroatoms. The van der Waals surface area contributed by atoms with Crippen LogP contribution in [0.4, 0.5) is 4.79 Å². The molecule has 0 N–H and O–H groups in total. The lowest BCUT2D eigenvalue weighted by atomic mass is 10.4. The van der Waals surface area contributed by atoms with Crippen LogP contribution >= 0.6 is 0 Å². The van der Waals surface area contributed by atoms with Crippen molar-refractivity contribution in [3.63, 3.8) is 0 Å². The molecule has 0 aliphatic rings. The van der Waals surface area contributed by atoms with Crippen molar-refractivity contribution in [2.75, 3.05) is 13.2 Å². The van der Waals surface area contributed by atoms with Crippen LogP contribution < -0.4 is 0 Å². The molecule has 4 nitrogen and oxygen atoms in total. The molecule has 0 aromatic carbocycles. The lowest BCUT2D eigenvalue weighted by Crippen LogP contribution is -2.08. The third-order valence-electron chi connectivity index (χ3n) is 1.15. The Bertz CT molecular complexity index is 162. The lowest BCUT2D eigenvalue weighted by Gasteiger charge is -2.02. The minimum Gasteiger partial charge on any atom is -0.434 e. The van der Waals surface area contributed by atoms with Gasteiger partial charge in [-0.15, -0.1) is 0 Å². The largest absolute Gasteiger partial charge is 0.508 e. The van der Waals surface area contributed by atoms with Crippen molar-refractivity contribution in [3.8, 4) is 6.07 Å². The average molecular weight is 171 g/mol. The molecule has 0 fully saturated rings. The molecule has 12 heavy (non-hydrogen) atoms. The van der Waals surface area contributed by atoms with Gasteiger partial charge in [0.15, 0.2) is 0 Å². The minimum atomic E-state index is -0.682. The lowest BCUT2D eigenvalue weighted by molar-refractivity contribution is 0.0559. The molecule has 0 aromatic heterocycles. The Morgan fingerprint density at radius 2 is 2.08 bits per heavy atom. The molecule has 0 saturated heterocycles. The van der Waals surface area contributed by atoms with Gasteiger partial charge in [-0.25, -0.2) is 4.79 Å². The molecule has 0 heterocycles. The van der Waals surface area contributed by atoms with Gasteiger partial charge in [-0.2, -0.15) is 5.26 Å². The van der Waals surface area contributed by atoms with Gasteiger partial charge in [-0.05, 0) is 6.42 Å². The molecule has 0 aromatic rings. The quantitative estimate of drug-likeness (QED) is 0.468. The molecule has 0 saturated carbocycles. The standard InChI is InChI=1S/C8H13NO3/c1-2-3-6-11-8(10)12-7-4-5-9/h2-4,6-7H2,1H3. The summed E-state index contributed by atoms with van der Waals surface area (Å²) in [5.41, 5.74) is 0. The van der Waals surface area contributed by atoms with Crippen LogP contribution in [0.5, 0.6) is 0 Å². The predicted molar refractivity (Wildman–Crippen MR) is 42.4 cm³/mol. The predicted octanol–water partition coefficient (Wildman–Crippen LogP) is 1.85. The highest BCUT2D eigenvalue weighted by Crippen LogP contribution is 1.91. The van der Waals surface area contributed by atoms with E-state index in [1.54, 1.807) is 0 Å². The van der Waals surface area contributed by atoms with E-state index in [9.17, 15) is 4.79 Å². The number of ether oxygens (including phenoxy) is 2. The van der Waals surface area contributed by atoms with Crippen molar-refractivity contribution in [2.45, 2.75) is 26.2 Å². The van der Waals surface area contributed by atoms with E-state index in [1.165, 1.54) is 0 Å². The zero-order chi connectivity index (χ0) is 9.23. The highest BCUT2D eigenvalue weighted by Gasteiger charge is 2.01. The summed E-state index contributed by atoms with van der Waals surface area (Å²) in [7, 11) is 0. The van der Waals surface area contributed by atoms with Gasteiger partial charge in [-0.1, -0.05) is 13.3 Å². The Morgan fingerprint density at radius 1 is 1.42 bits per heavy atom. The number of carbonyl (C=O) groups is 1. The van der Waals surface area contributed by atoms with E-state index in [4.69, 9.17) is 5.26 Å². The maximum atomic E-state index is 10.6. The van der Waals surface area contributed by atoms with Crippen molar-refractivity contribution in [3.05, 3.63) is 0 Å². The van der Waals surface area contributed by atoms with Crippen LogP contribution in [0.25, 0.3) is 0 Å². The number of nitriles is 1. The van der Waals surface area contributed by atoms with E-state index in [0.29, 0.717) is 6.61 Å². The second kappa shape index (κ2) is 7.86. The van der Waals surface area contributed by atoms with Gasteiger partial charge in [0.05, 0.1) is 19.1 Å². The fraction of sp³-hybridized carbons (Fsp3) is 0.750. The first-order valence-corrected chi connectivity index (χ1v) is 3.97. The Labute approximate surface area is 72.1 Å². The normalized spacial score (nSPS) is 8.67. The first-order valence-electron chi connectivity index (χ1n) is 3.97. The van der Waals surface area contributed by atoms with Crippen molar-refractivity contribution in [1.82, 2.24) is 0 Å². The van der Waals surface area contributed by atoms with Crippen LogP contribution in [0.1, 0.15) is 26.2 Å². The van der Waals surface area contributed by atoms with Crippen molar-refractivity contribution < 1.29 is 14.3 Å². The van der Waals surface area contributed by atoms with Gasteiger partial charge in [0.2, 0.25) is 0 Å². The number of rotatable bonds is 5.